The van der Waals surface area contributed by atoms with Gasteiger partial charge >= 0.3 is 0 Å². The number of nitrogens with one attached hydrogen (secondary N) is 1. The van der Waals surface area contributed by atoms with E-state index in [1.54, 1.807) is 12.4 Å². The first-order valence-corrected chi connectivity index (χ1v) is 9.37. The third-order valence-corrected chi connectivity index (χ3v) is 5.11. The average Bonchev–Trinajstić information content (AvgIpc) is 3.32. The van der Waals surface area contributed by atoms with Gasteiger partial charge in [0, 0.05) is 37.4 Å². The molecule has 7 heteroatoms. The lowest BCUT2D eigenvalue weighted by molar-refractivity contribution is 0.245. The smallest absolute Gasteiger partial charge is 0.170 e. The standard InChI is InChI=1S/C20H21N5OS/c26-13-5-12-25-19(18(23-20(25)27)16-7-1-2-10-22-16)17-8-4-11-24(17)15-6-3-9-21-14-15/h1-4,6-11,14,18-19,26H,5,12-13H2,(H,23,27)/t18-,19-/m1/s1. The van der Waals surface area contributed by atoms with Crippen molar-refractivity contribution in [3.8, 4) is 5.69 Å². The monoisotopic (exact) mass is 379 g/mol. The Morgan fingerprint density at radius 1 is 1.11 bits per heavy atom. The van der Waals surface area contributed by atoms with E-state index < -0.39 is 0 Å². The van der Waals surface area contributed by atoms with Gasteiger partial charge in [-0.25, -0.2) is 0 Å². The van der Waals surface area contributed by atoms with Gasteiger partial charge in [-0.15, -0.1) is 0 Å². The summed E-state index contributed by atoms with van der Waals surface area (Å²) in [6, 6.07) is 13.9. The number of aromatic nitrogens is 3. The van der Waals surface area contributed by atoms with Crippen LogP contribution in [-0.2, 0) is 0 Å². The topological polar surface area (TPSA) is 66.2 Å². The minimum Gasteiger partial charge on any atom is -0.396 e. The molecule has 1 fully saturated rings. The summed E-state index contributed by atoms with van der Waals surface area (Å²) in [6.07, 6.45) is 8.10. The maximum atomic E-state index is 9.33. The molecule has 2 atom stereocenters. The second-order valence-electron chi connectivity index (χ2n) is 6.41. The minimum absolute atomic E-state index is 0.0332. The van der Waals surface area contributed by atoms with Gasteiger partial charge in [-0.1, -0.05) is 6.07 Å². The summed E-state index contributed by atoms with van der Waals surface area (Å²) in [5.74, 6) is 0. The molecule has 0 aliphatic carbocycles. The average molecular weight is 379 g/mol. The number of aliphatic hydroxyl groups excluding tert-OH is 1. The zero-order valence-corrected chi connectivity index (χ0v) is 15.6. The summed E-state index contributed by atoms with van der Waals surface area (Å²) < 4.78 is 2.13. The highest BCUT2D eigenvalue weighted by Gasteiger charge is 2.40. The molecule has 0 bridgehead atoms. The van der Waals surface area contributed by atoms with E-state index in [4.69, 9.17) is 12.2 Å². The van der Waals surface area contributed by atoms with Crippen molar-refractivity contribution in [2.45, 2.75) is 18.5 Å². The number of rotatable bonds is 6. The third kappa shape index (κ3) is 3.43. The quantitative estimate of drug-likeness (QED) is 0.642. The van der Waals surface area contributed by atoms with Gasteiger partial charge in [-0.2, -0.15) is 0 Å². The van der Waals surface area contributed by atoms with Crippen LogP contribution < -0.4 is 5.32 Å². The summed E-state index contributed by atoms with van der Waals surface area (Å²) in [7, 11) is 0. The van der Waals surface area contributed by atoms with Gasteiger partial charge < -0.3 is 19.9 Å². The van der Waals surface area contributed by atoms with E-state index in [1.807, 2.05) is 48.8 Å². The third-order valence-electron chi connectivity index (χ3n) is 4.76. The maximum Gasteiger partial charge on any atom is 0.170 e. The molecule has 4 heterocycles. The molecule has 4 rings (SSSR count). The second kappa shape index (κ2) is 7.85. The second-order valence-corrected chi connectivity index (χ2v) is 6.80. The molecule has 1 aliphatic rings. The van der Waals surface area contributed by atoms with Crippen LogP contribution in [0.3, 0.4) is 0 Å². The first-order valence-electron chi connectivity index (χ1n) is 8.96. The van der Waals surface area contributed by atoms with Crippen LogP contribution in [0, 0.1) is 0 Å². The Labute approximate surface area is 163 Å². The Bertz CT molecular complexity index is 899. The van der Waals surface area contributed by atoms with Crippen LogP contribution in [-0.4, -0.2) is 42.8 Å². The molecule has 0 amide bonds. The number of aliphatic hydroxyl groups is 1. The van der Waals surface area contributed by atoms with Crippen LogP contribution in [0.5, 0.6) is 0 Å². The van der Waals surface area contributed by atoms with Crippen molar-refractivity contribution in [3.05, 3.63) is 78.6 Å². The van der Waals surface area contributed by atoms with E-state index in [-0.39, 0.29) is 18.7 Å². The molecule has 1 aliphatic heterocycles. The number of pyridine rings is 2. The molecular weight excluding hydrogens is 358 g/mol. The summed E-state index contributed by atoms with van der Waals surface area (Å²) in [4.78, 5) is 10.9. The van der Waals surface area contributed by atoms with Gasteiger partial charge in [0.15, 0.2) is 5.11 Å². The molecule has 2 N–H and O–H groups in total. The van der Waals surface area contributed by atoms with Crippen LogP contribution in [0.2, 0.25) is 0 Å². The van der Waals surface area contributed by atoms with Crippen LogP contribution in [0.25, 0.3) is 5.69 Å². The molecule has 0 unspecified atom stereocenters. The first-order chi connectivity index (χ1) is 13.3. The molecule has 0 saturated carbocycles. The van der Waals surface area contributed by atoms with Gasteiger partial charge in [-0.3, -0.25) is 9.97 Å². The molecule has 3 aromatic rings. The SMILES string of the molecule is OCCCN1C(=S)N[C@H](c2ccccn2)[C@H]1c1cccn1-c1cccnc1. The van der Waals surface area contributed by atoms with Crippen LogP contribution >= 0.6 is 12.2 Å². The number of thiocarbonyl (C=S) groups is 1. The highest BCUT2D eigenvalue weighted by molar-refractivity contribution is 7.80. The van der Waals surface area contributed by atoms with E-state index in [9.17, 15) is 5.11 Å². The van der Waals surface area contributed by atoms with Gasteiger partial charge in [0.1, 0.15) is 0 Å². The van der Waals surface area contributed by atoms with Gasteiger partial charge in [-0.05, 0) is 55.0 Å². The van der Waals surface area contributed by atoms with Crippen molar-refractivity contribution in [2.75, 3.05) is 13.2 Å². The highest BCUT2D eigenvalue weighted by atomic mass is 32.1. The summed E-state index contributed by atoms with van der Waals surface area (Å²) in [5.41, 5.74) is 3.04. The molecule has 1 saturated heterocycles. The van der Waals surface area contributed by atoms with Gasteiger partial charge in [0.05, 0.1) is 29.7 Å². The molecular formula is C20H21N5OS. The molecule has 0 radical (unpaired) electrons. The zero-order valence-electron chi connectivity index (χ0n) is 14.8. The van der Waals surface area contributed by atoms with Gasteiger partial charge in [0.25, 0.3) is 0 Å². The Balaban J connectivity index is 1.78. The Hall–Kier alpha value is -2.77. The molecule has 0 spiro atoms. The lowest BCUT2D eigenvalue weighted by Crippen LogP contribution is -2.31. The van der Waals surface area contributed by atoms with Crippen molar-refractivity contribution in [3.63, 3.8) is 0 Å². The lowest BCUT2D eigenvalue weighted by Gasteiger charge is -2.28. The normalized spacial score (nSPS) is 19.3. The van der Waals surface area contributed by atoms with Crippen molar-refractivity contribution < 1.29 is 5.11 Å². The molecule has 138 valence electrons. The maximum absolute atomic E-state index is 9.33. The summed E-state index contributed by atoms with van der Waals surface area (Å²) in [6.45, 7) is 0.804. The van der Waals surface area contributed by atoms with E-state index in [1.165, 1.54) is 0 Å². The van der Waals surface area contributed by atoms with Crippen molar-refractivity contribution in [2.24, 2.45) is 0 Å². The zero-order chi connectivity index (χ0) is 18.6. The highest BCUT2D eigenvalue weighted by Crippen LogP contribution is 2.39. The Morgan fingerprint density at radius 3 is 2.78 bits per heavy atom. The van der Waals surface area contributed by atoms with E-state index in [0.717, 1.165) is 17.1 Å². The van der Waals surface area contributed by atoms with Crippen LogP contribution in [0.15, 0.2) is 67.3 Å². The van der Waals surface area contributed by atoms with Crippen molar-refractivity contribution >= 4 is 17.3 Å². The number of hydrogen-bond acceptors (Lipinski definition) is 4. The molecule has 3 aromatic heterocycles. The Kier molecular flexibility index (Phi) is 5.13. The molecule has 6 nitrogen and oxygen atoms in total. The minimum atomic E-state index is -0.0669. The lowest BCUT2D eigenvalue weighted by atomic mass is 10.0. The number of hydrogen-bond donors (Lipinski definition) is 2. The van der Waals surface area contributed by atoms with Crippen molar-refractivity contribution in [1.82, 2.24) is 24.8 Å². The van der Waals surface area contributed by atoms with Gasteiger partial charge in [0.2, 0.25) is 0 Å². The fraction of sp³-hybridized carbons (Fsp3) is 0.250. The Morgan fingerprint density at radius 2 is 2.04 bits per heavy atom. The molecule has 27 heavy (non-hydrogen) atoms. The van der Waals surface area contributed by atoms with Crippen LogP contribution in [0.1, 0.15) is 29.9 Å². The predicted octanol–water partition coefficient (Wildman–Crippen LogP) is 2.62. The summed E-state index contributed by atoms with van der Waals surface area (Å²) in [5, 5.41) is 13.4. The first kappa shape index (κ1) is 17.6. The summed E-state index contributed by atoms with van der Waals surface area (Å²) >= 11 is 5.63. The van der Waals surface area contributed by atoms with E-state index >= 15 is 0 Å². The largest absolute Gasteiger partial charge is 0.396 e. The number of nitrogens with zero attached hydrogens (tertiary/aromatic N) is 4. The van der Waals surface area contributed by atoms with E-state index in [0.29, 0.717) is 18.1 Å². The fourth-order valence-electron chi connectivity index (χ4n) is 3.58. The fourth-order valence-corrected chi connectivity index (χ4v) is 3.91. The predicted molar refractivity (Wildman–Crippen MR) is 107 cm³/mol. The molecule has 0 aromatic carbocycles. The van der Waals surface area contributed by atoms with Crippen molar-refractivity contribution in [1.29, 1.82) is 0 Å². The van der Waals surface area contributed by atoms with E-state index in [2.05, 4.69) is 30.8 Å². The van der Waals surface area contributed by atoms with Crippen LogP contribution in [0.4, 0.5) is 0 Å².